The van der Waals surface area contributed by atoms with Crippen molar-refractivity contribution in [1.82, 2.24) is 15.6 Å². The van der Waals surface area contributed by atoms with E-state index in [4.69, 9.17) is 19.6 Å². The van der Waals surface area contributed by atoms with Crippen LogP contribution in [0.2, 0.25) is 0 Å². The second-order valence-electron chi connectivity index (χ2n) is 10.6. The summed E-state index contributed by atoms with van der Waals surface area (Å²) in [5, 5.41) is 5.45. The molecular formula is C31H34F4N4O7. The average Bonchev–Trinajstić information content (AvgIpc) is 3.67. The molecule has 0 aliphatic heterocycles. The Hall–Kier alpha value is -4.82. The number of carbonyl (C=O) groups excluding carboxylic acids is 3. The molecule has 3 aromatic rings. The highest BCUT2D eigenvalue weighted by molar-refractivity contribution is 5.94. The van der Waals surface area contributed by atoms with Crippen molar-refractivity contribution in [3.8, 4) is 23.0 Å². The zero-order valence-electron chi connectivity index (χ0n) is 25.0. The minimum Gasteiger partial charge on any atom is -0.490 e. The number of halogens is 4. The number of benzene rings is 2. The second kappa shape index (κ2) is 16.0. The summed E-state index contributed by atoms with van der Waals surface area (Å²) in [4.78, 5) is 40.9. The zero-order valence-corrected chi connectivity index (χ0v) is 25.0. The zero-order chi connectivity index (χ0) is 33.2. The molecule has 1 unspecified atom stereocenters. The van der Waals surface area contributed by atoms with Crippen LogP contribution >= 0.6 is 0 Å². The van der Waals surface area contributed by atoms with E-state index in [1.54, 1.807) is 0 Å². The van der Waals surface area contributed by atoms with E-state index in [1.165, 1.54) is 25.1 Å². The molecule has 1 aliphatic rings. The first-order valence-corrected chi connectivity index (χ1v) is 14.7. The fraction of sp³-hybridized carbons (Fsp3) is 0.419. The van der Waals surface area contributed by atoms with Gasteiger partial charge in [-0.15, -0.1) is 0 Å². The second-order valence-corrected chi connectivity index (χ2v) is 10.6. The Labute approximate surface area is 261 Å². The van der Waals surface area contributed by atoms with Crippen LogP contribution < -0.4 is 25.8 Å². The van der Waals surface area contributed by atoms with Gasteiger partial charge in [-0.05, 0) is 56.9 Å². The van der Waals surface area contributed by atoms with Crippen molar-refractivity contribution < 1.29 is 50.6 Å². The minimum atomic E-state index is -3.14. The van der Waals surface area contributed by atoms with Crippen LogP contribution in [-0.2, 0) is 16.1 Å². The van der Waals surface area contributed by atoms with E-state index in [-0.39, 0.29) is 65.1 Å². The van der Waals surface area contributed by atoms with Gasteiger partial charge in [0.05, 0.1) is 6.61 Å². The lowest BCUT2D eigenvalue weighted by atomic mass is 10.2. The maximum atomic E-state index is 14.1. The molecule has 15 heteroatoms. The molecule has 2 aromatic carbocycles. The predicted molar refractivity (Wildman–Crippen MR) is 155 cm³/mol. The molecule has 11 nitrogen and oxygen atoms in total. The van der Waals surface area contributed by atoms with Crippen molar-refractivity contribution in [2.75, 3.05) is 6.61 Å². The molecule has 1 aliphatic carbocycles. The molecule has 0 spiro atoms. The molecule has 0 radical (unpaired) electrons. The van der Waals surface area contributed by atoms with Crippen LogP contribution in [0.15, 0.2) is 40.8 Å². The van der Waals surface area contributed by atoms with E-state index < -0.39 is 36.4 Å². The molecule has 3 amide bonds. The predicted octanol–water partition coefficient (Wildman–Crippen LogP) is 5.92. The molecule has 4 rings (SSSR count). The quantitative estimate of drug-likeness (QED) is 0.135. The van der Waals surface area contributed by atoms with Gasteiger partial charge in [-0.1, -0.05) is 18.9 Å². The number of nitrogens with zero attached hydrogens (tertiary/aromatic N) is 1. The van der Waals surface area contributed by atoms with Gasteiger partial charge in [0, 0.05) is 36.2 Å². The van der Waals surface area contributed by atoms with Crippen LogP contribution in [0.3, 0.4) is 0 Å². The highest BCUT2D eigenvalue weighted by atomic mass is 19.3. The SMILES string of the molecule is CC(OC(N)=O)c1oc(-c2ccc(OC(F)F)c(OCCCCC(=O)NC3CCCC3)c2)nc1C(=O)NCc1ccc(F)cc1F. The Morgan fingerprint density at radius 1 is 1.07 bits per heavy atom. The maximum Gasteiger partial charge on any atom is 0.405 e. The van der Waals surface area contributed by atoms with Crippen LogP contribution in [-0.4, -0.2) is 42.2 Å². The molecule has 1 aromatic heterocycles. The molecule has 1 saturated carbocycles. The van der Waals surface area contributed by atoms with Gasteiger partial charge in [-0.25, -0.2) is 18.6 Å². The van der Waals surface area contributed by atoms with Crippen LogP contribution in [0.5, 0.6) is 11.5 Å². The highest BCUT2D eigenvalue weighted by Gasteiger charge is 2.28. The third-order valence-corrected chi connectivity index (χ3v) is 7.17. The van der Waals surface area contributed by atoms with Gasteiger partial charge in [0.15, 0.2) is 29.1 Å². The number of carbonyl (C=O) groups is 3. The molecule has 4 N–H and O–H groups in total. The van der Waals surface area contributed by atoms with Crippen LogP contribution in [0.25, 0.3) is 11.5 Å². The molecule has 248 valence electrons. The summed E-state index contributed by atoms with van der Waals surface area (Å²) < 4.78 is 74.6. The normalized spacial score (nSPS) is 13.8. The first-order valence-electron chi connectivity index (χ1n) is 14.7. The molecule has 1 fully saturated rings. The highest BCUT2D eigenvalue weighted by Crippen LogP contribution is 2.35. The third-order valence-electron chi connectivity index (χ3n) is 7.17. The van der Waals surface area contributed by atoms with E-state index in [9.17, 15) is 31.9 Å². The summed E-state index contributed by atoms with van der Waals surface area (Å²) in [6, 6.07) is 6.93. The first kappa shape index (κ1) is 34.1. The minimum absolute atomic E-state index is 0.00713. The number of hydrogen-bond acceptors (Lipinski definition) is 8. The Morgan fingerprint density at radius 2 is 1.83 bits per heavy atom. The number of nitrogens with one attached hydrogen (secondary N) is 2. The summed E-state index contributed by atoms with van der Waals surface area (Å²) in [5.41, 5.74) is 4.97. The number of nitrogens with two attached hydrogens (primary N) is 1. The summed E-state index contributed by atoms with van der Waals surface area (Å²) in [6.45, 7) is -2.03. The van der Waals surface area contributed by atoms with Gasteiger partial charge in [0.25, 0.3) is 5.91 Å². The summed E-state index contributed by atoms with van der Waals surface area (Å²) in [5.74, 6) is -3.29. The topological polar surface area (TPSA) is 155 Å². The number of primary amides is 1. The van der Waals surface area contributed by atoms with E-state index in [0.717, 1.165) is 37.8 Å². The first-order chi connectivity index (χ1) is 22.0. The molecule has 1 atom stereocenters. The van der Waals surface area contributed by atoms with Gasteiger partial charge in [-0.2, -0.15) is 8.78 Å². The Balaban J connectivity index is 1.49. The number of rotatable bonds is 15. The molecular weight excluding hydrogens is 616 g/mol. The molecule has 1 heterocycles. The van der Waals surface area contributed by atoms with Crippen LogP contribution in [0.4, 0.5) is 22.4 Å². The largest absolute Gasteiger partial charge is 0.490 e. The summed E-state index contributed by atoms with van der Waals surface area (Å²) >= 11 is 0. The number of aromatic nitrogens is 1. The van der Waals surface area contributed by atoms with Gasteiger partial charge in [0.1, 0.15) is 11.6 Å². The lowest BCUT2D eigenvalue weighted by Gasteiger charge is -2.14. The Bertz CT molecular complexity index is 1530. The summed E-state index contributed by atoms with van der Waals surface area (Å²) in [6.07, 6.45) is 3.04. The van der Waals surface area contributed by atoms with Crippen molar-refractivity contribution in [3.05, 3.63) is 65.1 Å². The molecule has 0 bridgehead atoms. The number of unbranched alkanes of at least 4 members (excludes halogenated alkanes) is 1. The van der Waals surface area contributed by atoms with Crippen molar-refractivity contribution in [3.63, 3.8) is 0 Å². The lowest BCUT2D eigenvalue weighted by molar-refractivity contribution is -0.121. The number of amides is 3. The van der Waals surface area contributed by atoms with Crippen molar-refractivity contribution in [2.24, 2.45) is 5.73 Å². The number of hydrogen-bond donors (Lipinski definition) is 3. The van der Waals surface area contributed by atoms with Crippen molar-refractivity contribution in [1.29, 1.82) is 0 Å². The summed E-state index contributed by atoms with van der Waals surface area (Å²) in [7, 11) is 0. The third kappa shape index (κ3) is 9.59. The van der Waals surface area contributed by atoms with E-state index in [1.807, 2.05) is 0 Å². The Kier molecular flexibility index (Phi) is 11.8. The van der Waals surface area contributed by atoms with Gasteiger partial charge < -0.3 is 35.0 Å². The van der Waals surface area contributed by atoms with Crippen LogP contribution in [0, 0.1) is 11.6 Å². The van der Waals surface area contributed by atoms with Gasteiger partial charge >= 0.3 is 12.7 Å². The Morgan fingerprint density at radius 3 is 2.52 bits per heavy atom. The smallest absolute Gasteiger partial charge is 0.405 e. The fourth-order valence-corrected chi connectivity index (χ4v) is 4.93. The molecule has 46 heavy (non-hydrogen) atoms. The molecule has 0 saturated heterocycles. The standard InChI is InChI=1S/C31H34F4N4O7/c1-17(44-31(36)42)27-26(28(41)37-16-19-9-11-20(32)15-22(19)33)39-29(46-27)18-10-12-23(45-30(34)35)24(14-18)43-13-5-4-8-25(40)38-21-6-2-3-7-21/h9-12,14-15,17,21,30H,2-8,13,16H2,1H3,(H2,36,42)(H,37,41)(H,38,40). The average molecular weight is 651 g/mol. The van der Waals surface area contributed by atoms with E-state index >= 15 is 0 Å². The number of alkyl halides is 2. The van der Waals surface area contributed by atoms with Gasteiger partial charge in [-0.3, -0.25) is 9.59 Å². The maximum absolute atomic E-state index is 14.1. The van der Waals surface area contributed by atoms with Crippen molar-refractivity contribution in [2.45, 2.75) is 77.2 Å². The number of ether oxygens (including phenoxy) is 3. The van der Waals surface area contributed by atoms with Gasteiger partial charge in [0.2, 0.25) is 11.8 Å². The monoisotopic (exact) mass is 650 g/mol. The lowest BCUT2D eigenvalue weighted by Crippen LogP contribution is -2.32. The van der Waals surface area contributed by atoms with E-state index in [2.05, 4.69) is 20.4 Å². The number of oxazole rings is 1. The fourth-order valence-electron chi connectivity index (χ4n) is 4.93. The van der Waals surface area contributed by atoms with E-state index in [0.29, 0.717) is 25.3 Å². The van der Waals surface area contributed by atoms with Crippen molar-refractivity contribution >= 4 is 17.9 Å². The van der Waals surface area contributed by atoms with Crippen LogP contribution in [0.1, 0.15) is 79.8 Å².